The van der Waals surface area contributed by atoms with Gasteiger partial charge >= 0.3 is 0 Å². The highest BCUT2D eigenvalue weighted by Crippen LogP contribution is 2.18. The summed E-state index contributed by atoms with van der Waals surface area (Å²) in [6.45, 7) is 7.87. The average molecular weight is 566 g/mol. The van der Waals surface area contributed by atoms with Crippen LogP contribution in [-0.2, 0) is 9.59 Å². The molecule has 0 spiro atoms. The Morgan fingerprint density at radius 2 is 1.95 bits per heavy atom. The van der Waals surface area contributed by atoms with Crippen molar-refractivity contribution in [3.05, 3.63) is 54.0 Å². The lowest BCUT2D eigenvalue weighted by Gasteiger charge is -2.30. The first-order chi connectivity index (χ1) is 19.7. The van der Waals surface area contributed by atoms with Crippen molar-refractivity contribution in [3.8, 4) is 11.8 Å². The molecule has 0 saturated carbocycles. The van der Waals surface area contributed by atoms with E-state index in [9.17, 15) is 14.0 Å². The van der Waals surface area contributed by atoms with Gasteiger partial charge in [-0.2, -0.15) is 4.98 Å². The third-order valence-corrected chi connectivity index (χ3v) is 6.36. The summed E-state index contributed by atoms with van der Waals surface area (Å²) in [5.41, 5.74) is 1.21. The van der Waals surface area contributed by atoms with Gasteiger partial charge in [-0.05, 0) is 51.1 Å². The highest BCUT2D eigenvalue weighted by Gasteiger charge is 2.30. The minimum atomic E-state index is -0.550. The summed E-state index contributed by atoms with van der Waals surface area (Å²) in [6.07, 6.45) is 7.86. The lowest BCUT2D eigenvalue weighted by Crippen LogP contribution is -2.50. The van der Waals surface area contributed by atoms with Gasteiger partial charge in [-0.25, -0.2) is 9.37 Å². The Morgan fingerprint density at radius 3 is 2.63 bits per heavy atom. The standard InChI is InChI=1S/C31H44FN7O2/c1-7-18-33-29-24(22-35-31(37-29)36-26-16-12-15-25(32)21-26)14-10-9-11-19-34-30(41)28(23(3)8-2)39(6)27(40)17-13-20-38(4)5/h12-13,15-17,21-23,28H,7-9,11,18-20H2,1-6H3,(H,34,41)(H2,33,35,36,37)/b17-13+/t23?,28-/m0/s1. The topological polar surface area (TPSA) is 102 Å². The average Bonchev–Trinajstić information content (AvgIpc) is 2.94. The molecule has 9 nitrogen and oxygen atoms in total. The first-order valence-corrected chi connectivity index (χ1v) is 14.1. The Labute approximate surface area is 244 Å². The van der Waals surface area contributed by atoms with E-state index in [2.05, 4.69) is 44.7 Å². The summed E-state index contributed by atoms with van der Waals surface area (Å²) in [6, 6.07) is 5.55. The first-order valence-electron chi connectivity index (χ1n) is 14.1. The van der Waals surface area contributed by atoms with Gasteiger partial charge in [-0.3, -0.25) is 9.59 Å². The third kappa shape index (κ3) is 11.6. The third-order valence-electron chi connectivity index (χ3n) is 6.36. The van der Waals surface area contributed by atoms with Crippen LogP contribution in [-0.4, -0.2) is 78.4 Å². The van der Waals surface area contributed by atoms with Crippen molar-refractivity contribution in [2.24, 2.45) is 5.92 Å². The van der Waals surface area contributed by atoms with E-state index in [1.165, 1.54) is 23.1 Å². The molecule has 0 aliphatic rings. The monoisotopic (exact) mass is 565 g/mol. The molecule has 3 N–H and O–H groups in total. The molecule has 0 aliphatic carbocycles. The van der Waals surface area contributed by atoms with Crippen molar-refractivity contribution in [3.63, 3.8) is 0 Å². The van der Waals surface area contributed by atoms with Crippen molar-refractivity contribution in [1.82, 2.24) is 25.1 Å². The number of nitrogens with zero attached hydrogens (tertiary/aromatic N) is 4. The van der Waals surface area contributed by atoms with Gasteiger partial charge in [0.05, 0.1) is 11.8 Å². The predicted octanol–water partition coefficient (Wildman–Crippen LogP) is 4.42. The highest BCUT2D eigenvalue weighted by atomic mass is 19.1. The van der Waals surface area contributed by atoms with Crippen molar-refractivity contribution in [2.75, 3.05) is 51.4 Å². The fourth-order valence-corrected chi connectivity index (χ4v) is 3.92. The van der Waals surface area contributed by atoms with Crippen LogP contribution in [0, 0.1) is 23.6 Å². The summed E-state index contributed by atoms with van der Waals surface area (Å²) in [5, 5.41) is 9.26. The minimum absolute atomic E-state index is 0.0124. The molecule has 0 fully saturated rings. The van der Waals surface area contributed by atoms with Crippen LogP contribution in [0.2, 0.25) is 0 Å². The van der Waals surface area contributed by atoms with Crippen LogP contribution in [0.3, 0.4) is 0 Å². The van der Waals surface area contributed by atoms with Crippen molar-refractivity contribution in [1.29, 1.82) is 0 Å². The molecule has 2 amide bonds. The second kappa shape index (κ2) is 17.7. The number of unbranched alkanes of at least 4 members (excludes halogenated alkanes) is 1. The minimum Gasteiger partial charge on any atom is -0.369 e. The summed E-state index contributed by atoms with van der Waals surface area (Å²) in [7, 11) is 5.53. The molecule has 0 aliphatic heterocycles. The van der Waals surface area contributed by atoms with Crippen molar-refractivity contribution in [2.45, 2.75) is 52.5 Å². The number of hydrogen-bond donors (Lipinski definition) is 3. The Morgan fingerprint density at radius 1 is 1.17 bits per heavy atom. The van der Waals surface area contributed by atoms with E-state index in [-0.39, 0.29) is 23.5 Å². The number of halogens is 1. The molecule has 0 radical (unpaired) electrons. The Hall–Kier alpha value is -3.97. The smallest absolute Gasteiger partial charge is 0.246 e. The molecule has 1 aromatic carbocycles. The van der Waals surface area contributed by atoms with Gasteiger partial charge in [0.1, 0.15) is 17.7 Å². The van der Waals surface area contributed by atoms with Gasteiger partial charge in [0.25, 0.3) is 0 Å². The van der Waals surface area contributed by atoms with E-state index < -0.39 is 6.04 Å². The number of nitrogens with one attached hydrogen (secondary N) is 3. The summed E-state index contributed by atoms with van der Waals surface area (Å²) >= 11 is 0. The number of aromatic nitrogens is 2. The van der Waals surface area contributed by atoms with E-state index in [1.807, 2.05) is 32.8 Å². The zero-order valence-corrected chi connectivity index (χ0v) is 25.1. The summed E-state index contributed by atoms with van der Waals surface area (Å²) in [5.74, 6) is 6.52. The van der Waals surface area contributed by atoms with Gasteiger partial charge in [-0.1, -0.05) is 51.2 Å². The van der Waals surface area contributed by atoms with Crippen LogP contribution in [0.15, 0.2) is 42.6 Å². The maximum absolute atomic E-state index is 13.5. The van der Waals surface area contributed by atoms with Crippen LogP contribution in [0.4, 0.5) is 21.8 Å². The second-order valence-corrected chi connectivity index (χ2v) is 10.2. The largest absolute Gasteiger partial charge is 0.369 e. The highest BCUT2D eigenvalue weighted by molar-refractivity contribution is 5.93. The molecule has 222 valence electrons. The Balaban J connectivity index is 1.96. The van der Waals surface area contributed by atoms with Gasteiger partial charge in [0.2, 0.25) is 17.8 Å². The molecule has 0 bridgehead atoms. The van der Waals surface area contributed by atoms with E-state index in [1.54, 1.807) is 31.5 Å². The number of hydrogen-bond acceptors (Lipinski definition) is 7. The molecule has 1 unspecified atom stereocenters. The zero-order chi connectivity index (χ0) is 30.2. The van der Waals surface area contributed by atoms with Crippen LogP contribution in [0.25, 0.3) is 0 Å². The molecule has 1 heterocycles. The van der Waals surface area contributed by atoms with Gasteiger partial charge in [0.15, 0.2) is 0 Å². The normalized spacial score (nSPS) is 12.4. The predicted molar refractivity (Wildman–Crippen MR) is 163 cm³/mol. The van der Waals surface area contributed by atoms with Gasteiger partial charge in [-0.15, -0.1) is 0 Å². The summed E-state index contributed by atoms with van der Waals surface area (Å²) < 4.78 is 13.5. The molecule has 0 saturated heterocycles. The van der Waals surface area contributed by atoms with E-state index >= 15 is 0 Å². The molecular weight excluding hydrogens is 521 g/mol. The van der Waals surface area contributed by atoms with Crippen LogP contribution in [0.5, 0.6) is 0 Å². The molecule has 10 heteroatoms. The van der Waals surface area contributed by atoms with E-state index in [0.717, 1.165) is 19.4 Å². The van der Waals surface area contributed by atoms with Crippen molar-refractivity contribution < 1.29 is 14.0 Å². The SMILES string of the molecule is CCCNc1nc(Nc2cccc(F)c2)ncc1C#CCCCNC(=O)[C@H](C(C)CC)N(C)C(=O)/C=C/CN(C)C. The van der Waals surface area contributed by atoms with E-state index in [4.69, 9.17) is 0 Å². The zero-order valence-electron chi connectivity index (χ0n) is 25.1. The Bertz CT molecular complexity index is 1220. The maximum atomic E-state index is 13.5. The van der Waals surface area contributed by atoms with Crippen LogP contribution >= 0.6 is 0 Å². The quantitative estimate of drug-likeness (QED) is 0.167. The van der Waals surface area contributed by atoms with E-state index in [0.29, 0.717) is 48.9 Å². The number of carbonyl (C=O) groups is 2. The number of rotatable bonds is 15. The maximum Gasteiger partial charge on any atom is 0.246 e. The number of amides is 2. The molecule has 41 heavy (non-hydrogen) atoms. The molecule has 1 aromatic heterocycles. The number of anilines is 3. The van der Waals surface area contributed by atoms with Crippen LogP contribution in [0.1, 0.15) is 52.0 Å². The summed E-state index contributed by atoms with van der Waals surface area (Å²) in [4.78, 5) is 38.0. The lowest BCUT2D eigenvalue weighted by atomic mass is 9.97. The molecule has 2 rings (SSSR count). The number of carbonyl (C=O) groups excluding carboxylic acids is 2. The fourth-order valence-electron chi connectivity index (χ4n) is 3.92. The first kappa shape index (κ1) is 33.2. The molecular formula is C31H44FN7O2. The fraction of sp³-hybridized carbons (Fsp3) is 0.484. The molecule has 2 atom stereocenters. The van der Waals surface area contributed by atoms with Crippen LogP contribution < -0.4 is 16.0 Å². The number of likely N-dealkylation sites (N-methyl/N-ethyl adjacent to an activating group) is 2. The lowest BCUT2D eigenvalue weighted by molar-refractivity contribution is -0.137. The molecule has 2 aromatic rings. The Kier molecular flexibility index (Phi) is 14.3. The van der Waals surface area contributed by atoms with Crippen molar-refractivity contribution >= 4 is 29.3 Å². The number of benzene rings is 1. The van der Waals surface area contributed by atoms with Gasteiger partial charge in [0, 0.05) is 44.9 Å². The van der Waals surface area contributed by atoms with Gasteiger partial charge < -0.3 is 25.8 Å². The second-order valence-electron chi connectivity index (χ2n) is 10.2.